The zero-order valence-corrected chi connectivity index (χ0v) is 11.1. The minimum absolute atomic E-state index is 0.170. The average Bonchev–Trinajstić information content (AvgIpc) is 2.37. The van der Waals surface area contributed by atoms with E-state index in [1.54, 1.807) is 19.9 Å². The second kappa shape index (κ2) is 5.64. The zero-order valence-electron chi connectivity index (χ0n) is 11.1. The van der Waals surface area contributed by atoms with E-state index in [4.69, 9.17) is 4.74 Å². The molecule has 0 amide bonds. The Morgan fingerprint density at radius 2 is 2.15 bits per heavy atom. The van der Waals surface area contributed by atoms with Crippen LogP contribution in [-0.2, 0) is 4.74 Å². The number of halogens is 1. The van der Waals surface area contributed by atoms with Gasteiger partial charge in [-0.25, -0.2) is 14.2 Å². The number of H-pyrrole nitrogens is 1. The van der Waals surface area contributed by atoms with Gasteiger partial charge in [0.2, 0.25) is 0 Å². The fourth-order valence-electron chi connectivity index (χ4n) is 1.77. The first-order chi connectivity index (χ1) is 9.51. The number of carbonyl (C=O) groups is 1. The van der Waals surface area contributed by atoms with Crippen molar-refractivity contribution in [2.24, 2.45) is 0 Å². The number of hydrogen-bond acceptors (Lipinski definition) is 4. The van der Waals surface area contributed by atoms with Gasteiger partial charge in [0.25, 0.3) is 5.56 Å². The van der Waals surface area contributed by atoms with Gasteiger partial charge >= 0.3 is 5.97 Å². The molecule has 1 N–H and O–H groups in total. The van der Waals surface area contributed by atoms with Crippen molar-refractivity contribution in [1.82, 2.24) is 9.97 Å². The summed E-state index contributed by atoms with van der Waals surface area (Å²) in [4.78, 5) is 29.7. The maximum Gasteiger partial charge on any atom is 0.345 e. The molecule has 0 aliphatic rings. The second-order valence-corrected chi connectivity index (χ2v) is 4.21. The van der Waals surface area contributed by atoms with Crippen LogP contribution in [0.25, 0.3) is 11.4 Å². The minimum atomic E-state index is -0.733. The third-order valence-electron chi connectivity index (χ3n) is 2.61. The average molecular weight is 276 g/mol. The van der Waals surface area contributed by atoms with Crippen molar-refractivity contribution in [3.8, 4) is 11.4 Å². The van der Waals surface area contributed by atoms with Gasteiger partial charge in [0, 0.05) is 11.8 Å². The molecule has 0 unspecified atom stereocenters. The molecule has 1 heterocycles. The molecule has 104 valence electrons. The van der Waals surface area contributed by atoms with E-state index in [0.717, 1.165) is 6.20 Å². The molecule has 0 saturated carbocycles. The topological polar surface area (TPSA) is 72.0 Å². The summed E-state index contributed by atoms with van der Waals surface area (Å²) in [5, 5.41) is 0. The Kier molecular flexibility index (Phi) is 3.93. The summed E-state index contributed by atoms with van der Waals surface area (Å²) in [6.45, 7) is 3.55. The molecular weight excluding hydrogens is 263 g/mol. The van der Waals surface area contributed by atoms with Crippen molar-refractivity contribution >= 4 is 5.97 Å². The fourth-order valence-corrected chi connectivity index (χ4v) is 1.77. The molecule has 5 nitrogen and oxygen atoms in total. The van der Waals surface area contributed by atoms with Crippen LogP contribution in [0.4, 0.5) is 4.39 Å². The monoisotopic (exact) mass is 276 g/mol. The lowest BCUT2D eigenvalue weighted by Gasteiger charge is -2.04. The molecule has 2 aromatic rings. The number of ether oxygens (including phenoxy) is 1. The molecule has 0 radical (unpaired) electrons. The van der Waals surface area contributed by atoms with Gasteiger partial charge in [0.1, 0.15) is 17.2 Å². The predicted molar refractivity (Wildman–Crippen MR) is 70.9 cm³/mol. The Morgan fingerprint density at radius 3 is 2.75 bits per heavy atom. The number of rotatable bonds is 3. The third-order valence-corrected chi connectivity index (χ3v) is 2.61. The first-order valence-corrected chi connectivity index (χ1v) is 6.05. The minimum Gasteiger partial charge on any atom is -0.462 e. The number of aromatic amines is 1. The third kappa shape index (κ3) is 2.90. The summed E-state index contributed by atoms with van der Waals surface area (Å²) in [6.07, 6.45) is 1.13. The number of esters is 1. The van der Waals surface area contributed by atoms with Crippen LogP contribution >= 0.6 is 0 Å². The van der Waals surface area contributed by atoms with E-state index in [2.05, 4.69) is 9.97 Å². The molecule has 0 saturated heterocycles. The largest absolute Gasteiger partial charge is 0.462 e. The van der Waals surface area contributed by atoms with Crippen molar-refractivity contribution < 1.29 is 13.9 Å². The molecule has 0 aliphatic heterocycles. The molecule has 0 bridgehead atoms. The van der Waals surface area contributed by atoms with Gasteiger partial charge < -0.3 is 9.72 Å². The number of aromatic nitrogens is 2. The van der Waals surface area contributed by atoms with Gasteiger partial charge in [-0.3, -0.25) is 4.79 Å². The van der Waals surface area contributed by atoms with E-state index in [-0.39, 0.29) is 18.0 Å². The molecule has 0 spiro atoms. The number of nitrogens with one attached hydrogen (secondary N) is 1. The lowest BCUT2D eigenvalue weighted by atomic mass is 10.1. The van der Waals surface area contributed by atoms with Crippen LogP contribution in [0.15, 0.2) is 29.2 Å². The lowest BCUT2D eigenvalue weighted by Crippen LogP contribution is -2.21. The molecule has 1 aromatic heterocycles. The van der Waals surface area contributed by atoms with E-state index >= 15 is 0 Å². The van der Waals surface area contributed by atoms with Crippen molar-refractivity contribution in [3.63, 3.8) is 0 Å². The van der Waals surface area contributed by atoms with Crippen LogP contribution in [0, 0.1) is 12.7 Å². The van der Waals surface area contributed by atoms with E-state index in [1.807, 2.05) is 0 Å². The van der Waals surface area contributed by atoms with Crippen LogP contribution in [0.2, 0.25) is 0 Å². The molecule has 6 heteroatoms. The summed E-state index contributed by atoms with van der Waals surface area (Å²) < 4.78 is 18.1. The predicted octanol–water partition coefficient (Wildman–Crippen LogP) is 2.06. The summed E-state index contributed by atoms with van der Waals surface area (Å²) in [7, 11) is 0. The first-order valence-electron chi connectivity index (χ1n) is 6.05. The standard InChI is InChI=1S/C14H13FN2O3/c1-3-20-14(19)11-7-16-12(17-13(11)18)9-4-8(2)5-10(15)6-9/h4-7H,3H2,1-2H3,(H,16,17,18). The first kappa shape index (κ1) is 13.9. The maximum absolute atomic E-state index is 13.3. The van der Waals surface area contributed by atoms with Gasteiger partial charge in [-0.2, -0.15) is 0 Å². The van der Waals surface area contributed by atoms with E-state index in [9.17, 15) is 14.0 Å². The Balaban J connectivity index is 2.43. The Hall–Kier alpha value is -2.50. The highest BCUT2D eigenvalue weighted by Gasteiger charge is 2.13. The van der Waals surface area contributed by atoms with Crippen molar-refractivity contribution in [2.75, 3.05) is 6.61 Å². The SMILES string of the molecule is CCOC(=O)c1cnc(-c2cc(C)cc(F)c2)[nH]c1=O. The highest BCUT2D eigenvalue weighted by atomic mass is 19.1. The maximum atomic E-state index is 13.3. The van der Waals surface area contributed by atoms with Gasteiger partial charge in [-0.05, 0) is 37.6 Å². The summed E-state index contributed by atoms with van der Waals surface area (Å²) in [5.41, 5.74) is 0.353. The molecule has 20 heavy (non-hydrogen) atoms. The number of hydrogen-bond donors (Lipinski definition) is 1. The van der Waals surface area contributed by atoms with Crippen molar-refractivity contribution in [3.05, 3.63) is 51.7 Å². The molecule has 0 aliphatic carbocycles. The molecule has 0 fully saturated rings. The fraction of sp³-hybridized carbons (Fsp3) is 0.214. The van der Waals surface area contributed by atoms with Gasteiger partial charge in [-0.1, -0.05) is 0 Å². The van der Waals surface area contributed by atoms with Crippen molar-refractivity contribution in [1.29, 1.82) is 0 Å². The molecule has 0 atom stereocenters. The Labute approximate surface area is 114 Å². The van der Waals surface area contributed by atoms with E-state index in [0.29, 0.717) is 11.1 Å². The Bertz CT molecular complexity index is 690. The molecule has 1 aromatic carbocycles. The number of benzene rings is 1. The Morgan fingerprint density at radius 1 is 1.40 bits per heavy atom. The zero-order chi connectivity index (χ0) is 14.7. The number of carbonyl (C=O) groups excluding carboxylic acids is 1. The molecular formula is C14H13FN2O3. The lowest BCUT2D eigenvalue weighted by molar-refractivity contribution is 0.0524. The number of nitrogens with zero attached hydrogens (tertiary/aromatic N) is 1. The second-order valence-electron chi connectivity index (χ2n) is 4.21. The van der Waals surface area contributed by atoms with Crippen LogP contribution in [0.1, 0.15) is 22.8 Å². The smallest absolute Gasteiger partial charge is 0.345 e. The van der Waals surface area contributed by atoms with Crippen LogP contribution in [0.5, 0.6) is 0 Å². The quantitative estimate of drug-likeness (QED) is 0.871. The van der Waals surface area contributed by atoms with E-state index in [1.165, 1.54) is 12.1 Å². The van der Waals surface area contributed by atoms with Crippen LogP contribution < -0.4 is 5.56 Å². The van der Waals surface area contributed by atoms with Crippen LogP contribution in [-0.4, -0.2) is 22.5 Å². The normalized spacial score (nSPS) is 10.3. The van der Waals surface area contributed by atoms with Crippen LogP contribution in [0.3, 0.4) is 0 Å². The summed E-state index contributed by atoms with van der Waals surface area (Å²) >= 11 is 0. The van der Waals surface area contributed by atoms with Gasteiger partial charge in [0.05, 0.1) is 6.61 Å². The van der Waals surface area contributed by atoms with Gasteiger partial charge in [-0.15, -0.1) is 0 Å². The summed E-state index contributed by atoms with van der Waals surface area (Å²) in [6, 6.07) is 4.31. The van der Waals surface area contributed by atoms with E-state index < -0.39 is 17.3 Å². The van der Waals surface area contributed by atoms with Crippen molar-refractivity contribution in [2.45, 2.75) is 13.8 Å². The highest BCUT2D eigenvalue weighted by Crippen LogP contribution is 2.17. The van der Waals surface area contributed by atoms with Gasteiger partial charge in [0.15, 0.2) is 0 Å². The summed E-state index contributed by atoms with van der Waals surface area (Å²) in [5.74, 6) is -0.953. The molecule has 2 rings (SSSR count). The highest BCUT2D eigenvalue weighted by molar-refractivity contribution is 5.88. The number of aryl methyl sites for hydroxylation is 1.